The van der Waals surface area contributed by atoms with Crippen LogP contribution in [0.4, 0.5) is 20.3 Å². The quantitative estimate of drug-likeness (QED) is 0.235. The van der Waals surface area contributed by atoms with E-state index in [0.29, 0.717) is 40.8 Å². The third-order valence-electron chi connectivity index (χ3n) is 8.58. The molecule has 49 heavy (non-hydrogen) atoms. The Labute approximate surface area is 281 Å². The predicted octanol–water partition coefficient (Wildman–Crippen LogP) is 4.05. The molecule has 3 N–H and O–H groups in total. The summed E-state index contributed by atoms with van der Waals surface area (Å²) in [5, 5.41) is 5.15. The Morgan fingerprint density at radius 1 is 1.08 bits per heavy atom. The summed E-state index contributed by atoms with van der Waals surface area (Å²) >= 11 is 0. The molecule has 0 radical (unpaired) electrons. The van der Waals surface area contributed by atoms with Gasteiger partial charge in [-0.25, -0.2) is 22.2 Å². The van der Waals surface area contributed by atoms with Gasteiger partial charge in [-0.3, -0.25) is 23.6 Å². The summed E-state index contributed by atoms with van der Waals surface area (Å²) in [5.41, 5.74) is 8.08. The van der Waals surface area contributed by atoms with Crippen LogP contribution >= 0.6 is 0 Å². The highest BCUT2D eigenvalue weighted by Crippen LogP contribution is 2.34. The molecule has 0 aliphatic carbocycles. The summed E-state index contributed by atoms with van der Waals surface area (Å²) < 4.78 is 64.3. The van der Waals surface area contributed by atoms with Gasteiger partial charge >= 0.3 is 0 Å². The molecule has 12 nitrogen and oxygen atoms in total. The van der Waals surface area contributed by atoms with E-state index in [1.54, 1.807) is 38.2 Å². The molecule has 1 amide bonds. The van der Waals surface area contributed by atoms with E-state index in [-0.39, 0.29) is 47.6 Å². The normalized spacial score (nSPS) is 17.5. The summed E-state index contributed by atoms with van der Waals surface area (Å²) in [6.07, 6.45) is 0.600. The number of ether oxygens (including phenoxy) is 1. The topological polar surface area (TPSA) is 154 Å². The van der Waals surface area contributed by atoms with Crippen molar-refractivity contribution in [1.82, 2.24) is 19.3 Å². The van der Waals surface area contributed by atoms with Crippen LogP contribution in [0.15, 0.2) is 53.3 Å². The summed E-state index contributed by atoms with van der Waals surface area (Å²) in [7, 11) is -2.10. The summed E-state index contributed by atoms with van der Waals surface area (Å²) in [4.78, 5) is 34.4. The molecule has 6 rings (SSSR count). The maximum absolute atomic E-state index is 14.7. The number of sulfonamides is 1. The number of amides is 1. The Morgan fingerprint density at radius 2 is 1.76 bits per heavy atom. The van der Waals surface area contributed by atoms with E-state index in [1.807, 2.05) is 19.9 Å². The molecule has 15 heteroatoms. The van der Waals surface area contributed by atoms with Gasteiger partial charge in [0.05, 0.1) is 46.0 Å². The highest BCUT2D eigenvalue weighted by Gasteiger charge is 2.28. The van der Waals surface area contributed by atoms with E-state index >= 15 is 0 Å². The molecule has 0 bridgehead atoms. The van der Waals surface area contributed by atoms with Crippen LogP contribution in [0.5, 0.6) is 0 Å². The van der Waals surface area contributed by atoms with Crippen molar-refractivity contribution < 1.29 is 26.7 Å². The van der Waals surface area contributed by atoms with Crippen molar-refractivity contribution in [2.24, 2.45) is 12.8 Å². The lowest BCUT2D eigenvalue weighted by Gasteiger charge is -2.37. The van der Waals surface area contributed by atoms with E-state index < -0.39 is 39.0 Å². The average molecular weight is 694 g/mol. The number of aryl methyl sites for hydroxylation is 2. The van der Waals surface area contributed by atoms with Crippen molar-refractivity contribution in [2.75, 3.05) is 29.0 Å². The Hall–Kier alpha value is -4.89. The highest BCUT2D eigenvalue weighted by atomic mass is 32.2. The van der Waals surface area contributed by atoms with Crippen molar-refractivity contribution in [1.29, 1.82) is 0 Å². The van der Waals surface area contributed by atoms with Gasteiger partial charge in [0.1, 0.15) is 17.5 Å². The predicted molar refractivity (Wildman–Crippen MR) is 184 cm³/mol. The molecule has 1 saturated heterocycles. The van der Waals surface area contributed by atoms with Crippen LogP contribution in [-0.2, 0) is 33.0 Å². The number of hydrogen-bond donors (Lipinski definition) is 2. The standard InChI is InChI=1S/C34H37F2N7O5S/c1-18-6-9-28(31-30(18)32(39-41(31)4)40-49(5,46)47)43-33(22(13-29(37)44)10-21-11-23(35)14-24(36)12-21)38-27-15-25(7-8-26(27)34(43)45)42-16-19(2)48-20(3)17-42/h6-9,11-12,14-15,19-20,22H,10,13,16-17H2,1-5H3,(H2,37,44)(H,39,40)/t19-,20+,22-/m0/s1. The monoisotopic (exact) mass is 693 g/mol. The lowest BCUT2D eigenvalue weighted by Crippen LogP contribution is -2.45. The molecule has 5 aromatic rings. The van der Waals surface area contributed by atoms with Crippen LogP contribution in [0.1, 0.15) is 43.1 Å². The molecular formula is C34H37F2N7O5S. The number of nitrogens with two attached hydrogens (primary N) is 1. The van der Waals surface area contributed by atoms with E-state index in [9.17, 15) is 26.8 Å². The molecule has 3 heterocycles. The van der Waals surface area contributed by atoms with Gasteiger partial charge in [0.15, 0.2) is 5.82 Å². The maximum Gasteiger partial charge on any atom is 0.266 e. The molecular weight excluding hydrogens is 656 g/mol. The van der Waals surface area contributed by atoms with E-state index in [2.05, 4.69) is 14.7 Å². The van der Waals surface area contributed by atoms with Gasteiger partial charge in [-0.15, -0.1) is 0 Å². The molecule has 1 fully saturated rings. The minimum atomic E-state index is -3.71. The van der Waals surface area contributed by atoms with Crippen LogP contribution in [0, 0.1) is 18.6 Å². The lowest BCUT2D eigenvalue weighted by molar-refractivity contribution is -0.118. The summed E-state index contributed by atoms with van der Waals surface area (Å²) in [6, 6.07) is 11.8. The Balaban J connectivity index is 1.64. The average Bonchev–Trinajstić information content (AvgIpc) is 3.30. The molecule has 2 aromatic heterocycles. The van der Waals surface area contributed by atoms with Gasteiger partial charge in [0.2, 0.25) is 15.9 Å². The number of fused-ring (bicyclic) bond motifs is 2. The Bertz CT molecular complexity index is 2260. The van der Waals surface area contributed by atoms with E-state index in [1.165, 1.54) is 9.25 Å². The number of halogens is 2. The number of nitrogens with zero attached hydrogens (tertiary/aromatic N) is 5. The number of carbonyl (C=O) groups excluding carboxylic acids is 1. The smallest absolute Gasteiger partial charge is 0.266 e. The van der Waals surface area contributed by atoms with Crippen LogP contribution in [0.3, 0.4) is 0 Å². The Morgan fingerprint density at radius 3 is 2.39 bits per heavy atom. The van der Waals surface area contributed by atoms with Gasteiger partial charge < -0.3 is 15.4 Å². The van der Waals surface area contributed by atoms with E-state index in [4.69, 9.17) is 15.5 Å². The maximum atomic E-state index is 14.7. The number of benzene rings is 3. The number of aromatic nitrogens is 4. The molecule has 1 aliphatic rings. The molecule has 3 aromatic carbocycles. The first-order chi connectivity index (χ1) is 23.1. The largest absolute Gasteiger partial charge is 0.372 e. The molecule has 0 unspecified atom stereocenters. The highest BCUT2D eigenvalue weighted by molar-refractivity contribution is 7.92. The SMILES string of the molecule is Cc1ccc(-n2c([C@H](CC(N)=O)Cc3cc(F)cc(F)c3)nc3cc(N4C[C@@H](C)O[C@@H](C)C4)ccc3c2=O)c2c1c(NS(C)(=O)=O)nn2C. The fourth-order valence-corrected chi connectivity index (χ4v) is 7.27. The second-order valence-corrected chi connectivity index (χ2v) is 14.5. The Kier molecular flexibility index (Phi) is 8.92. The summed E-state index contributed by atoms with van der Waals surface area (Å²) in [6.45, 7) is 7.01. The van der Waals surface area contributed by atoms with Crippen molar-refractivity contribution in [3.63, 3.8) is 0 Å². The molecule has 0 spiro atoms. The lowest BCUT2D eigenvalue weighted by atomic mass is 9.94. The number of nitrogens with one attached hydrogen (secondary N) is 1. The zero-order valence-corrected chi connectivity index (χ0v) is 28.5. The fraction of sp³-hybridized carbons (Fsp3) is 0.353. The zero-order chi connectivity index (χ0) is 35.4. The van der Waals surface area contributed by atoms with Crippen molar-refractivity contribution in [2.45, 2.75) is 51.7 Å². The molecule has 3 atom stereocenters. The van der Waals surface area contributed by atoms with Gasteiger partial charge in [-0.2, -0.15) is 5.10 Å². The molecule has 1 aliphatic heterocycles. The number of morpholine rings is 1. The summed E-state index contributed by atoms with van der Waals surface area (Å²) in [5.74, 6) is -2.99. The fourth-order valence-electron chi connectivity index (χ4n) is 6.78. The third kappa shape index (κ3) is 6.99. The number of hydrogen-bond acceptors (Lipinski definition) is 8. The van der Waals surface area contributed by atoms with Crippen molar-refractivity contribution in [3.05, 3.63) is 87.5 Å². The van der Waals surface area contributed by atoms with Crippen LogP contribution in [0.25, 0.3) is 27.5 Å². The first kappa shape index (κ1) is 34.0. The van der Waals surface area contributed by atoms with Gasteiger partial charge in [0.25, 0.3) is 5.56 Å². The minimum Gasteiger partial charge on any atom is -0.372 e. The van der Waals surface area contributed by atoms with Gasteiger partial charge in [-0.1, -0.05) is 6.07 Å². The number of rotatable bonds is 9. The number of anilines is 2. The van der Waals surface area contributed by atoms with Crippen LogP contribution in [-0.4, -0.2) is 65.2 Å². The molecule has 258 valence electrons. The third-order valence-corrected chi connectivity index (χ3v) is 9.14. The number of carbonyl (C=O) groups is 1. The van der Waals surface area contributed by atoms with Crippen molar-refractivity contribution >= 4 is 49.2 Å². The second-order valence-electron chi connectivity index (χ2n) is 12.8. The van der Waals surface area contributed by atoms with Gasteiger partial charge in [0, 0.05) is 44.2 Å². The molecule has 0 saturated carbocycles. The van der Waals surface area contributed by atoms with E-state index in [0.717, 1.165) is 30.1 Å². The van der Waals surface area contributed by atoms with Crippen molar-refractivity contribution in [3.8, 4) is 5.69 Å². The second kappa shape index (κ2) is 12.9. The zero-order valence-electron chi connectivity index (χ0n) is 27.7. The first-order valence-electron chi connectivity index (χ1n) is 15.7. The number of primary amides is 1. The van der Waals surface area contributed by atoms with Crippen LogP contribution in [0.2, 0.25) is 0 Å². The van der Waals surface area contributed by atoms with Gasteiger partial charge in [-0.05, 0) is 74.7 Å². The van der Waals surface area contributed by atoms with Crippen LogP contribution < -0.4 is 20.9 Å². The minimum absolute atomic E-state index is 0.0208. The first-order valence-corrected chi connectivity index (χ1v) is 17.6.